The van der Waals surface area contributed by atoms with Crippen LogP contribution >= 0.6 is 22.9 Å². The number of rotatable bonds is 4. The van der Waals surface area contributed by atoms with E-state index in [9.17, 15) is 14.3 Å². The fourth-order valence-electron chi connectivity index (χ4n) is 2.29. The highest BCUT2D eigenvalue weighted by Gasteiger charge is 2.19. The van der Waals surface area contributed by atoms with Gasteiger partial charge in [-0.05, 0) is 47.3 Å². The second kappa shape index (κ2) is 7.03. The summed E-state index contributed by atoms with van der Waals surface area (Å²) in [4.78, 5) is 13.5. The van der Waals surface area contributed by atoms with E-state index in [1.165, 1.54) is 41.7 Å². The number of phenolic OH excluding ortho intramolecular Hbond substituents is 1. The van der Waals surface area contributed by atoms with E-state index in [1.54, 1.807) is 12.1 Å². The summed E-state index contributed by atoms with van der Waals surface area (Å²) < 4.78 is 13.2. The van der Waals surface area contributed by atoms with Gasteiger partial charge in [-0.25, -0.2) is 4.39 Å². The molecule has 2 aromatic carbocycles. The molecule has 0 saturated carbocycles. The zero-order valence-electron chi connectivity index (χ0n) is 12.4. The lowest BCUT2D eigenvalue weighted by Gasteiger charge is -2.18. The lowest BCUT2D eigenvalue weighted by molar-refractivity contribution is 0.0943. The molecule has 1 aromatic heterocycles. The molecule has 3 aromatic rings. The van der Waals surface area contributed by atoms with Gasteiger partial charge in [0.1, 0.15) is 11.6 Å². The van der Waals surface area contributed by atoms with Crippen molar-refractivity contribution in [2.45, 2.75) is 6.04 Å². The van der Waals surface area contributed by atoms with Gasteiger partial charge in [-0.3, -0.25) is 4.79 Å². The van der Waals surface area contributed by atoms with Gasteiger partial charge >= 0.3 is 0 Å². The molecule has 0 aliphatic heterocycles. The van der Waals surface area contributed by atoms with E-state index < -0.39 is 6.04 Å². The van der Waals surface area contributed by atoms with Crippen molar-refractivity contribution >= 4 is 28.8 Å². The number of phenols is 1. The Morgan fingerprint density at radius 1 is 1.17 bits per heavy atom. The van der Waals surface area contributed by atoms with Crippen LogP contribution in [0.4, 0.5) is 4.39 Å². The van der Waals surface area contributed by atoms with Gasteiger partial charge in [0.25, 0.3) is 5.91 Å². The number of benzene rings is 2. The van der Waals surface area contributed by atoms with Crippen molar-refractivity contribution in [3.05, 3.63) is 86.8 Å². The first kappa shape index (κ1) is 16.5. The van der Waals surface area contributed by atoms with Crippen LogP contribution in [-0.4, -0.2) is 11.0 Å². The molecule has 0 radical (unpaired) electrons. The van der Waals surface area contributed by atoms with E-state index in [0.29, 0.717) is 5.56 Å². The van der Waals surface area contributed by atoms with Crippen LogP contribution in [-0.2, 0) is 0 Å². The zero-order chi connectivity index (χ0) is 17.1. The minimum atomic E-state index is -0.398. The zero-order valence-corrected chi connectivity index (χ0v) is 13.9. The molecule has 0 aliphatic rings. The Morgan fingerprint density at radius 2 is 1.92 bits per heavy atom. The van der Waals surface area contributed by atoms with Crippen molar-refractivity contribution in [2.24, 2.45) is 0 Å². The second-order valence-electron chi connectivity index (χ2n) is 5.14. The molecule has 0 spiro atoms. The number of nitrogens with one attached hydrogen (secondary N) is 1. The number of halogens is 2. The van der Waals surface area contributed by atoms with Crippen LogP contribution in [0.5, 0.6) is 5.75 Å². The van der Waals surface area contributed by atoms with E-state index in [0.717, 1.165) is 10.4 Å². The molecule has 3 rings (SSSR count). The first-order valence-corrected chi connectivity index (χ1v) is 8.38. The Balaban J connectivity index is 1.90. The number of thiophene rings is 1. The summed E-state index contributed by atoms with van der Waals surface area (Å²) in [6.45, 7) is 0. The number of hydrogen-bond acceptors (Lipinski definition) is 3. The lowest BCUT2D eigenvalue weighted by Crippen LogP contribution is -2.28. The fraction of sp³-hybridized carbons (Fsp3) is 0.0556. The fourth-order valence-corrected chi connectivity index (χ4v) is 3.28. The van der Waals surface area contributed by atoms with Crippen molar-refractivity contribution < 1.29 is 14.3 Å². The first-order chi connectivity index (χ1) is 11.5. The van der Waals surface area contributed by atoms with E-state index >= 15 is 0 Å². The van der Waals surface area contributed by atoms with Crippen LogP contribution in [0.2, 0.25) is 5.02 Å². The van der Waals surface area contributed by atoms with Gasteiger partial charge in [-0.2, -0.15) is 0 Å². The van der Waals surface area contributed by atoms with E-state index in [2.05, 4.69) is 5.32 Å². The monoisotopic (exact) mass is 361 g/mol. The maximum absolute atomic E-state index is 13.2. The Hall–Kier alpha value is -2.37. The van der Waals surface area contributed by atoms with E-state index in [4.69, 9.17) is 11.6 Å². The Morgan fingerprint density at radius 3 is 2.54 bits per heavy atom. The number of amides is 1. The normalized spacial score (nSPS) is 11.9. The molecule has 0 bridgehead atoms. The molecule has 3 nitrogen and oxygen atoms in total. The van der Waals surface area contributed by atoms with Crippen LogP contribution in [0, 0.1) is 5.82 Å². The number of carbonyl (C=O) groups is 1. The third kappa shape index (κ3) is 3.58. The molecule has 1 unspecified atom stereocenters. The predicted molar refractivity (Wildman–Crippen MR) is 93.1 cm³/mol. The van der Waals surface area contributed by atoms with Crippen LogP contribution < -0.4 is 5.32 Å². The molecule has 0 aliphatic carbocycles. The summed E-state index contributed by atoms with van der Waals surface area (Å²) >= 11 is 7.36. The van der Waals surface area contributed by atoms with Gasteiger partial charge in [0.15, 0.2) is 0 Å². The average molecular weight is 362 g/mol. The minimum Gasteiger partial charge on any atom is -0.506 e. The van der Waals surface area contributed by atoms with E-state index in [-0.39, 0.29) is 22.5 Å². The Labute approximate surface area is 147 Å². The molecule has 1 atom stereocenters. The summed E-state index contributed by atoms with van der Waals surface area (Å²) in [5.41, 5.74) is 1.11. The smallest absolute Gasteiger partial charge is 0.252 e. The molecule has 0 saturated heterocycles. The highest BCUT2D eigenvalue weighted by molar-refractivity contribution is 7.10. The summed E-state index contributed by atoms with van der Waals surface area (Å²) in [6.07, 6.45) is 0. The molecule has 1 amide bonds. The standard InChI is InChI=1S/C18H13ClFNO2S/c19-14-10-12(5-8-15(14)22)18(23)21-17(16-2-1-9-24-16)11-3-6-13(20)7-4-11/h1-10,17,22H,(H,21,23). The van der Waals surface area contributed by atoms with E-state index in [1.807, 2.05) is 17.5 Å². The molecule has 0 fully saturated rings. The van der Waals surface area contributed by atoms with Crippen molar-refractivity contribution in [1.82, 2.24) is 5.32 Å². The topological polar surface area (TPSA) is 49.3 Å². The molecule has 6 heteroatoms. The average Bonchev–Trinajstić information content (AvgIpc) is 3.10. The Kier molecular flexibility index (Phi) is 4.83. The quantitative estimate of drug-likeness (QED) is 0.703. The van der Waals surface area contributed by atoms with Crippen molar-refractivity contribution in [2.75, 3.05) is 0 Å². The van der Waals surface area contributed by atoms with Gasteiger partial charge in [0, 0.05) is 10.4 Å². The highest BCUT2D eigenvalue weighted by Crippen LogP contribution is 2.28. The maximum atomic E-state index is 13.2. The number of aromatic hydroxyl groups is 1. The van der Waals surface area contributed by atoms with Crippen LogP contribution in [0.15, 0.2) is 60.0 Å². The van der Waals surface area contributed by atoms with Crippen LogP contribution in [0.1, 0.15) is 26.8 Å². The molecular formula is C18H13ClFNO2S. The largest absolute Gasteiger partial charge is 0.506 e. The van der Waals surface area contributed by atoms with Gasteiger partial charge in [0.05, 0.1) is 11.1 Å². The maximum Gasteiger partial charge on any atom is 0.252 e. The number of carbonyl (C=O) groups excluding carboxylic acids is 1. The van der Waals surface area contributed by atoms with Gasteiger partial charge in [-0.1, -0.05) is 29.8 Å². The third-order valence-electron chi connectivity index (χ3n) is 3.52. The minimum absolute atomic E-state index is 0.0819. The molecule has 1 heterocycles. The predicted octanol–water partition coefficient (Wildman–Crippen LogP) is 4.77. The SMILES string of the molecule is O=C(NC(c1ccc(F)cc1)c1cccs1)c1ccc(O)c(Cl)c1. The summed E-state index contributed by atoms with van der Waals surface area (Å²) in [5, 5.41) is 14.4. The summed E-state index contributed by atoms with van der Waals surface area (Å²) in [5.74, 6) is -0.749. The first-order valence-electron chi connectivity index (χ1n) is 7.13. The molecule has 2 N–H and O–H groups in total. The summed E-state index contributed by atoms with van der Waals surface area (Å²) in [6, 6.07) is 13.7. The molecular weight excluding hydrogens is 349 g/mol. The van der Waals surface area contributed by atoms with Crippen molar-refractivity contribution in [3.8, 4) is 5.75 Å². The van der Waals surface area contributed by atoms with Crippen molar-refractivity contribution in [3.63, 3.8) is 0 Å². The highest BCUT2D eigenvalue weighted by atomic mass is 35.5. The lowest BCUT2D eigenvalue weighted by atomic mass is 10.0. The number of hydrogen-bond donors (Lipinski definition) is 2. The van der Waals surface area contributed by atoms with Gasteiger partial charge in [0.2, 0.25) is 0 Å². The van der Waals surface area contributed by atoms with Crippen LogP contribution in [0.25, 0.3) is 0 Å². The van der Waals surface area contributed by atoms with Crippen molar-refractivity contribution in [1.29, 1.82) is 0 Å². The molecule has 24 heavy (non-hydrogen) atoms. The summed E-state index contributed by atoms with van der Waals surface area (Å²) in [7, 11) is 0. The Bertz CT molecular complexity index is 850. The van der Waals surface area contributed by atoms with Gasteiger partial charge in [-0.15, -0.1) is 11.3 Å². The van der Waals surface area contributed by atoms with Gasteiger partial charge < -0.3 is 10.4 Å². The van der Waals surface area contributed by atoms with Crippen LogP contribution in [0.3, 0.4) is 0 Å². The second-order valence-corrected chi connectivity index (χ2v) is 6.53. The third-order valence-corrected chi connectivity index (χ3v) is 4.76. The molecule has 122 valence electrons.